The number of benzene rings is 2. The predicted octanol–water partition coefficient (Wildman–Crippen LogP) is 4.02. The maximum atomic E-state index is 13.1. The number of rotatable bonds is 11. The maximum Gasteiger partial charge on any atom is 0.295 e. The molecule has 2 aromatic rings. The van der Waals surface area contributed by atoms with Gasteiger partial charge >= 0.3 is 0 Å². The second kappa shape index (κ2) is 11.5. The van der Waals surface area contributed by atoms with Crippen LogP contribution in [0, 0.1) is 0 Å². The Morgan fingerprint density at radius 3 is 2.50 bits per heavy atom. The second-order valence-electron chi connectivity index (χ2n) is 8.28. The van der Waals surface area contributed by atoms with Gasteiger partial charge in [0.1, 0.15) is 23.9 Å². The van der Waals surface area contributed by atoms with Crippen LogP contribution >= 0.6 is 0 Å². The van der Waals surface area contributed by atoms with E-state index in [1.807, 2.05) is 38.1 Å². The Hall–Kier alpha value is -3.58. The van der Waals surface area contributed by atoms with Crippen molar-refractivity contribution in [3.8, 4) is 11.5 Å². The van der Waals surface area contributed by atoms with E-state index < -0.39 is 17.7 Å². The average Bonchev–Trinajstić information content (AvgIpc) is 3.08. The van der Waals surface area contributed by atoms with Gasteiger partial charge in [-0.05, 0) is 75.9 Å². The van der Waals surface area contributed by atoms with Crippen LogP contribution in [0.15, 0.2) is 66.8 Å². The number of likely N-dealkylation sites (tertiary alicyclic amines) is 1. The van der Waals surface area contributed by atoms with Crippen molar-refractivity contribution < 1.29 is 24.2 Å². The van der Waals surface area contributed by atoms with Crippen molar-refractivity contribution in [3.63, 3.8) is 0 Å². The van der Waals surface area contributed by atoms with Gasteiger partial charge in [0, 0.05) is 12.1 Å². The fourth-order valence-corrected chi connectivity index (χ4v) is 3.98. The van der Waals surface area contributed by atoms with E-state index in [-0.39, 0.29) is 11.3 Å². The van der Waals surface area contributed by atoms with Crippen LogP contribution in [0.25, 0.3) is 5.76 Å². The summed E-state index contributed by atoms with van der Waals surface area (Å²) in [6.45, 7) is 7.55. The molecular weight excluding hydrogens is 432 g/mol. The lowest BCUT2D eigenvalue weighted by Crippen LogP contribution is -2.32. The molecule has 3 rings (SSSR count). The van der Waals surface area contributed by atoms with Crippen LogP contribution in [0.1, 0.15) is 30.5 Å². The third-order valence-corrected chi connectivity index (χ3v) is 5.52. The Bertz CT molecular complexity index is 1060. The van der Waals surface area contributed by atoms with Crippen LogP contribution in [-0.4, -0.2) is 67.0 Å². The summed E-state index contributed by atoms with van der Waals surface area (Å²) < 4.78 is 11.1. The van der Waals surface area contributed by atoms with Crippen LogP contribution in [0.5, 0.6) is 11.5 Å². The quantitative estimate of drug-likeness (QED) is 0.234. The fraction of sp³-hybridized carbons (Fsp3) is 0.333. The summed E-state index contributed by atoms with van der Waals surface area (Å²) in [5.41, 5.74) is 1.21. The highest BCUT2D eigenvalue weighted by Gasteiger charge is 2.45. The van der Waals surface area contributed by atoms with E-state index >= 15 is 0 Å². The molecule has 0 spiro atoms. The third kappa shape index (κ3) is 5.66. The van der Waals surface area contributed by atoms with Gasteiger partial charge in [-0.1, -0.05) is 24.8 Å². The average molecular weight is 465 g/mol. The van der Waals surface area contributed by atoms with Crippen LogP contribution in [-0.2, 0) is 9.59 Å². The number of ketones is 1. The molecule has 1 atom stereocenters. The number of aliphatic hydroxyl groups excluding tert-OH is 1. The van der Waals surface area contributed by atoms with Crippen molar-refractivity contribution in [2.75, 3.05) is 40.4 Å². The molecule has 1 aliphatic rings. The van der Waals surface area contributed by atoms with Crippen molar-refractivity contribution in [2.24, 2.45) is 0 Å². The molecule has 7 heteroatoms. The number of ether oxygens (including phenoxy) is 2. The van der Waals surface area contributed by atoms with E-state index in [0.717, 1.165) is 6.54 Å². The fourth-order valence-electron chi connectivity index (χ4n) is 3.98. The first-order valence-corrected chi connectivity index (χ1v) is 11.4. The summed E-state index contributed by atoms with van der Waals surface area (Å²) >= 11 is 0. The van der Waals surface area contributed by atoms with Crippen molar-refractivity contribution in [1.82, 2.24) is 9.80 Å². The van der Waals surface area contributed by atoms with Crippen LogP contribution in [0.2, 0.25) is 0 Å². The minimum absolute atomic E-state index is 0.0693. The van der Waals surface area contributed by atoms with Crippen molar-refractivity contribution in [1.29, 1.82) is 0 Å². The van der Waals surface area contributed by atoms with Crippen LogP contribution in [0.4, 0.5) is 0 Å². The number of carbonyl (C=O) groups excluding carboxylic acids is 2. The van der Waals surface area contributed by atoms with E-state index in [4.69, 9.17) is 9.47 Å². The molecule has 1 amide bonds. The van der Waals surface area contributed by atoms with Gasteiger partial charge in [0.2, 0.25) is 0 Å². The molecule has 0 aromatic heterocycles. The monoisotopic (exact) mass is 464 g/mol. The Balaban J connectivity index is 2.06. The minimum Gasteiger partial charge on any atom is -0.507 e. The van der Waals surface area contributed by atoms with E-state index in [1.54, 1.807) is 47.4 Å². The molecule has 1 fully saturated rings. The SMILES string of the molecule is C=CCOc1cccc(C2/C(=C(/O)c3ccc(OCC)cc3)C(=O)C(=O)N2CCCN(C)C)c1. The van der Waals surface area contributed by atoms with Crippen molar-refractivity contribution in [3.05, 3.63) is 77.9 Å². The summed E-state index contributed by atoms with van der Waals surface area (Å²) in [5.74, 6) is -0.268. The first kappa shape index (κ1) is 25.1. The van der Waals surface area contributed by atoms with Crippen molar-refractivity contribution in [2.45, 2.75) is 19.4 Å². The number of amides is 1. The topological polar surface area (TPSA) is 79.3 Å². The summed E-state index contributed by atoms with van der Waals surface area (Å²) in [5, 5.41) is 11.2. The highest BCUT2D eigenvalue weighted by atomic mass is 16.5. The summed E-state index contributed by atoms with van der Waals surface area (Å²) in [7, 11) is 3.91. The van der Waals surface area contributed by atoms with E-state index in [9.17, 15) is 14.7 Å². The number of hydrogen-bond donors (Lipinski definition) is 1. The van der Waals surface area contributed by atoms with Gasteiger partial charge in [-0.3, -0.25) is 9.59 Å². The molecule has 180 valence electrons. The molecule has 0 saturated carbocycles. The molecule has 0 bridgehead atoms. The highest BCUT2D eigenvalue weighted by molar-refractivity contribution is 6.46. The van der Waals surface area contributed by atoms with E-state index in [1.165, 1.54) is 0 Å². The zero-order chi connectivity index (χ0) is 24.7. The lowest BCUT2D eigenvalue weighted by Gasteiger charge is -2.26. The summed E-state index contributed by atoms with van der Waals surface area (Å²) in [4.78, 5) is 29.8. The smallest absolute Gasteiger partial charge is 0.295 e. The molecule has 0 radical (unpaired) electrons. The molecule has 1 unspecified atom stereocenters. The molecule has 7 nitrogen and oxygen atoms in total. The molecule has 1 aliphatic heterocycles. The number of aliphatic hydroxyl groups is 1. The second-order valence-corrected chi connectivity index (χ2v) is 8.28. The third-order valence-electron chi connectivity index (χ3n) is 5.52. The standard InChI is InChI=1S/C27H32N2O5/c1-5-17-34-22-10-7-9-20(18-22)24-23(25(30)19-11-13-21(14-12-19)33-6-2)26(31)27(32)29(24)16-8-15-28(3)4/h5,7,9-14,18,24,30H,1,6,8,15-17H2,2-4H3/b25-23-. The first-order chi connectivity index (χ1) is 16.4. The number of hydrogen-bond acceptors (Lipinski definition) is 6. The number of nitrogens with zero attached hydrogens (tertiary/aromatic N) is 2. The van der Waals surface area contributed by atoms with Gasteiger partial charge < -0.3 is 24.4 Å². The van der Waals surface area contributed by atoms with Gasteiger partial charge in [0.25, 0.3) is 11.7 Å². The lowest BCUT2D eigenvalue weighted by molar-refractivity contribution is -0.139. The van der Waals surface area contributed by atoms with Gasteiger partial charge in [0.15, 0.2) is 0 Å². The van der Waals surface area contributed by atoms with Crippen LogP contribution < -0.4 is 9.47 Å². The molecule has 34 heavy (non-hydrogen) atoms. The highest BCUT2D eigenvalue weighted by Crippen LogP contribution is 2.40. The minimum atomic E-state index is -0.721. The van der Waals surface area contributed by atoms with Crippen LogP contribution in [0.3, 0.4) is 0 Å². The maximum absolute atomic E-state index is 13.1. The number of Topliss-reactive ketones (excluding diaryl/α,β-unsaturated/α-hetero) is 1. The molecular formula is C27H32N2O5. The predicted molar refractivity (Wildman–Crippen MR) is 132 cm³/mol. The Morgan fingerprint density at radius 1 is 1.12 bits per heavy atom. The molecule has 1 N–H and O–H groups in total. The van der Waals surface area contributed by atoms with Gasteiger partial charge in [-0.25, -0.2) is 0 Å². The summed E-state index contributed by atoms with van der Waals surface area (Å²) in [6.07, 6.45) is 2.33. The molecule has 1 saturated heterocycles. The van der Waals surface area contributed by atoms with Crippen molar-refractivity contribution >= 4 is 17.4 Å². The van der Waals surface area contributed by atoms with Gasteiger partial charge in [-0.15, -0.1) is 0 Å². The largest absolute Gasteiger partial charge is 0.507 e. The number of carbonyl (C=O) groups is 2. The molecule has 1 heterocycles. The Labute approximate surface area is 200 Å². The molecule has 2 aromatic carbocycles. The van der Waals surface area contributed by atoms with E-state index in [2.05, 4.69) is 6.58 Å². The van der Waals surface area contributed by atoms with E-state index in [0.29, 0.717) is 48.8 Å². The first-order valence-electron chi connectivity index (χ1n) is 11.4. The molecule has 0 aliphatic carbocycles. The summed E-state index contributed by atoms with van der Waals surface area (Å²) in [6, 6.07) is 13.3. The lowest BCUT2D eigenvalue weighted by atomic mass is 9.95. The Morgan fingerprint density at radius 2 is 1.85 bits per heavy atom. The van der Waals surface area contributed by atoms with Gasteiger partial charge in [-0.2, -0.15) is 0 Å². The zero-order valence-electron chi connectivity index (χ0n) is 20.0. The Kier molecular flexibility index (Phi) is 8.49. The van der Waals surface area contributed by atoms with Gasteiger partial charge in [0.05, 0.1) is 18.2 Å². The zero-order valence-corrected chi connectivity index (χ0v) is 20.0. The normalized spacial score (nSPS) is 17.3.